The first-order chi connectivity index (χ1) is 7.87. The molecule has 0 spiro atoms. The molecule has 0 saturated carbocycles. The summed E-state index contributed by atoms with van der Waals surface area (Å²) >= 11 is 0. The topological polar surface area (TPSA) is 60.2 Å². The van der Waals surface area contributed by atoms with E-state index in [4.69, 9.17) is 9.15 Å². The molecule has 0 saturated heterocycles. The summed E-state index contributed by atoms with van der Waals surface area (Å²) in [6.07, 6.45) is 0.751. The smallest absolute Gasteiger partial charge is 0.242 e. The molecule has 0 unspecified atom stereocenters. The second kappa shape index (κ2) is 6.12. The minimum absolute atomic E-state index is 0.187. The first-order valence-corrected chi connectivity index (χ1v) is 6.05. The number of nitrogens with one attached hydrogen (secondary N) is 1. The Hall–Kier alpha value is -0.940. The van der Waals surface area contributed by atoms with E-state index in [0.29, 0.717) is 24.4 Å². The number of hydrogen-bond acceptors (Lipinski definition) is 5. The molecule has 0 radical (unpaired) electrons. The van der Waals surface area contributed by atoms with Crippen molar-refractivity contribution in [3.63, 3.8) is 0 Å². The fourth-order valence-electron chi connectivity index (χ4n) is 1.19. The molecule has 0 aromatic carbocycles. The fourth-order valence-corrected chi connectivity index (χ4v) is 1.19. The van der Waals surface area contributed by atoms with E-state index in [1.165, 1.54) is 0 Å². The second-order valence-corrected chi connectivity index (χ2v) is 5.35. The molecule has 0 bridgehead atoms. The fraction of sp³-hybridized carbons (Fsp3) is 0.833. The maximum Gasteiger partial charge on any atom is 0.242 e. The van der Waals surface area contributed by atoms with Gasteiger partial charge in [-0.2, -0.15) is 0 Å². The molecule has 0 atom stereocenters. The van der Waals surface area contributed by atoms with Gasteiger partial charge in [0, 0.05) is 19.0 Å². The van der Waals surface area contributed by atoms with Gasteiger partial charge in [0.05, 0.1) is 5.60 Å². The van der Waals surface area contributed by atoms with Crippen LogP contribution in [-0.2, 0) is 17.8 Å². The monoisotopic (exact) mass is 241 g/mol. The van der Waals surface area contributed by atoms with Gasteiger partial charge in [0.2, 0.25) is 11.8 Å². The van der Waals surface area contributed by atoms with Crippen molar-refractivity contribution in [2.24, 2.45) is 0 Å². The summed E-state index contributed by atoms with van der Waals surface area (Å²) in [4.78, 5) is 0. The Morgan fingerprint density at radius 2 is 1.88 bits per heavy atom. The molecule has 1 rings (SSSR count). The summed E-state index contributed by atoms with van der Waals surface area (Å²) in [7, 11) is 0. The van der Waals surface area contributed by atoms with Gasteiger partial charge in [-0.3, -0.25) is 0 Å². The normalized spacial score (nSPS) is 12.4. The molecular formula is C12H23N3O2. The molecule has 0 aliphatic heterocycles. The van der Waals surface area contributed by atoms with Crippen molar-refractivity contribution >= 4 is 0 Å². The maximum absolute atomic E-state index is 5.56. The first kappa shape index (κ1) is 14.1. The van der Waals surface area contributed by atoms with Crippen LogP contribution in [0.25, 0.3) is 0 Å². The predicted octanol–water partition coefficient (Wildman–Crippen LogP) is 1.93. The molecule has 1 aromatic heterocycles. The SMILES string of the molecule is CC(C)NCCc1nnc(COC(C)(C)C)o1. The van der Waals surface area contributed by atoms with Crippen molar-refractivity contribution in [1.82, 2.24) is 15.5 Å². The summed E-state index contributed by atoms with van der Waals surface area (Å²) in [5.41, 5.74) is -0.187. The van der Waals surface area contributed by atoms with Crippen molar-refractivity contribution in [1.29, 1.82) is 0 Å². The molecule has 1 N–H and O–H groups in total. The van der Waals surface area contributed by atoms with Gasteiger partial charge in [-0.05, 0) is 20.8 Å². The van der Waals surface area contributed by atoms with Crippen LogP contribution in [0.1, 0.15) is 46.4 Å². The standard InChI is InChI=1S/C12H23N3O2/c1-9(2)13-7-6-10-14-15-11(17-10)8-16-12(3,4)5/h9,13H,6-8H2,1-5H3. The molecule has 0 aliphatic rings. The average molecular weight is 241 g/mol. The van der Waals surface area contributed by atoms with E-state index in [1.807, 2.05) is 20.8 Å². The van der Waals surface area contributed by atoms with E-state index >= 15 is 0 Å². The van der Waals surface area contributed by atoms with E-state index in [2.05, 4.69) is 29.4 Å². The number of nitrogens with zero attached hydrogens (tertiary/aromatic N) is 2. The zero-order chi connectivity index (χ0) is 12.9. The summed E-state index contributed by atoms with van der Waals surface area (Å²) in [6.45, 7) is 11.4. The molecular weight excluding hydrogens is 218 g/mol. The van der Waals surface area contributed by atoms with Crippen molar-refractivity contribution in [3.05, 3.63) is 11.8 Å². The third-order valence-corrected chi connectivity index (χ3v) is 2.03. The minimum Gasteiger partial charge on any atom is -0.423 e. The Morgan fingerprint density at radius 3 is 2.47 bits per heavy atom. The zero-order valence-electron chi connectivity index (χ0n) is 11.4. The molecule has 1 aromatic rings. The van der Waals surface area contributed by atoms with Gasteiger partial charge in [0.1, 0.15) is 6.61 Å². The Bertz CT molecular complexity index is 329. The van der Waals surface area contributed by atoms with Gasteiger partial charge in [0.25, 0.3) is 0 Å². The summed E-state index contributed by atoms with van der Waals surface area (Å²) in [5, 5.41) is 11.2. The van der Waals surface area contributed by atoms with Crippen LogP contribution in [0.5, 0.6) is 0 Å². The highest BCUT2D eigenvalue weighted by Gasteiger charge is 2.13. The third-order valence-electron chi connectivity index (χ3n) is 2.03. The Labute approximate surface area is 103 Å². The summed E-state index contributed by atoms with van der Waals surface area (Å²) in [6, 6.07) is 0.474. The van der Waals surface area contributed by atoms with Crippen LogP contribution in [0.4, 0.5) is 0 Å². The first-order valence-electron chi connectivity index (χ1n) is 6.05. The Kier molecular flexibility index (Phi) is 5.08. The third kappa shape index (κ3) is 6.38. The lowest BCUT2D eigenvalue weighted by Crippen LogP contribution is -2.25. The highest BCUT2D eigenvalue weighted by atomic mass is 16.5. The second-order valence-electron chi connectivity index (χ2n) is 5.35. The van der Waals surface area contributed by atoms with Crippen molar-refractivity contribution in [3.8, 4) is 0 Å². The molecule has 98 valence electrons. The maximum atomic E-state index is 5.56. The lowest BCUT2D eigenvalue weighted by Gasteiger charge is -2.17. The van der Waals surface area contributed by atoms with E-state index in [9.17, 15) is 0 Å². The van der Waals surface area contributed by atoms with Crippen LogP contribution in [-0.4, -0.2) is 28.4 Å². The van der Waals surface area contributed by atoms with Crippen molar-refractivity contribution in [2.45, 2.75) is 59.3 Å². The highest BCUT2D eigenvalue weighted by molar-refractivity contribution is 4.81. The lowest BCUT2D eigenvalue weighted by molar-refractivity contribution is -0.0247. The predicted molar refractivity (Wildman–Crippen MR) is 65.7 cm³/mol. The number of ether oxygens (including phenoxy) is 1. The van der Waals surface area contributed by atoms with Crippen LogP contribution < -0.4 is 5.32 Å². The number of aromatic nitrogens is 2. The van der Waals surface area contributed by atoms with Gasteiger partial charge in [-0.15, -0.1) is 10.2 Å². The molecule has 0 aliphatic carbocycles. The minimum atomic E-state index is -0.187. The summed E-state index contributed by atoms with van der Waals surface area (Å²) < 4.78 is 11.0. The van der Waals surface area contributed by atoms with Gasteiger partial charge < -0.3 is 14.5 Å². The van der Waals surface area contributed by atoms with Crippen LogP contribution in [0, 0.1) is 0 Å². The van der Waals surface area contributed by atoms with Gasteiger partial charge in [-0.25, -0.2) is 0 Å². The summed E-state index contributed by atoms with van der Waals surface area (Å²) in [5.74, 6) is 1.20. The number of rotatable bonds is 6. The quantitative estimate of drug-likeness (QED) is 0.824. The van der Waals surface area contributed by atoms with E-state index < -0.39 is 0 Å². The highest BCUT2D eigenvalue weighted by Crippen LogP contribution is 2.11. The van der Waals surface area contributed by atoms with Gasteiger partial charge >= 0.3 is 0 Å². The largest absolute Gasteiger partial charge is 0.423 e. The molecule has 1 heterocycles. The van der Waals surface area contributed by atoms with E-state index in [-0.39, 0.29) is 5.60 Å². The van der Waals surface area contributed by atoms with Crippen LogP contribution in [0.2, 0.25) is 0 Å². The van der Waals surface area contributed by atoms with Crippen molar-refractivity contribution < 1.29 is 9.15 Å². The molecule has 0 fully saturated rings. The van der Waals surface area contributed by atoms with E-state index in [0.717, 1.165) is 13.0 Å². The molecule has 0 amide bonds. The molecule has 17 heavy (non-hydrogen) atoms. The van der Waals surface area contributed by atoms with Crippen LogP contribution in [0.15, 0.2) is 4.42 Å². The van der Waals surface area contributed by atoms with Gasteiger partial charge in [0.15, 0.2) is 0 Å². The Morgan fingerprint density at radius 1 is 1.24 bits per heavy atom. The number of hydrogen-bond donors (Lipinski definition) is 1. The average Bonchev–Trinajstić information content (AvgIpc) is 2.61. The van der Waals surface area contributed by atoms with Crippen LogP contribution >= 0.6 is 0 Å². The van der Waals surface area contributed by atoms with Crippen LogP contribution in [0.3, 0.4) is 0 Å². The zero-order valence-corrected chi connectivity index (χ0v) is 11.4. The molecule has 5 nitrogen and oxygen atoms in total. The van der Waals surface area contributed by atoms with E-state index in [1.54, 1.807) is 0 Å². The van der Waals surface area contributed by atoms with Crippen molar-refractivity contribution in [2.75, 3.05) is 6.54 Å². The molecule has 5 heteroatoms. The lowest BCUT2D eigenvalue weighted by atomic mass is 10.2. The Balaban J connectivity index is 2.32. The van der Waals surface area contributed by atoms with Gasteiger partial charge in [-0.1, -0.05) is 13.8 Å².